The summed E-state index contributed by atoms with van der Waals surface area (Å²) in [5, 5.41) is 22.2. The molecular weight excluding hydrogens is 246 g/mol. The molecule has 0 saturated carbocycles. The molecule has 0 aliphatic carbocycles. The Hall–Kier alpha value is -1.60. The van der Waals surface area contributed by atoms with Gasteiger partial charge in [-0.25, -0.2) is 8.78 Å². The predicted octanol–water partition coefficient (Wildman–Crippen LogP) is 1.62. The molecule has 7 heteroatoms. The van der Waals surface area contributed by atoms with E-state index in [2.05, 4.69) is 5.32 Å². The van der Waals surface area contributed by atoms with Crippen LogP contribution >= 0.6 is 0 Å². The fourth-order valence-electron chi connectivity index (χ4n) is 1.42. The highest BCUT2D eigenvalue weighted by Crippen LogP contribution is 2.19. The van der Waals surface area contributed by atoms with Crippen LogP contribution < -0.4 is 5.32 Å². The van der Waals surface area contributed by atoms with E-state index in [-0.39, 0.29) is 18.8 Å². The number of halogens is 2. The maximum atomic E-state index is 12.0. The predicted molar refractivity (Wildman–Crippen MR) is 61.6 cm³/mol. The van der Waals surface area contributed by atoms with Gasteiger partial charge in [0.2, 0.25) is 0 Å². The second-order valence-electron chi connectivity index (χ2n) is 3.91. The molecule has 1 atom stereocenters. The first-order chi connectivity index (χ1) is 8.41. The summed E-state index contributed by atoms with van der Waals surface area (Å²) < 4.78 is 24.0. The van der Waals surface area contributed by atoms with Crippen LogP contribution in [0.2, 0.25) is 0 Å². The van der Waals surface area contributed by atoms with Crippen molar-refractivity contribution in [3.05, 3.63) is 39.4 Å². The molecule has 0 radical (unpaired) electrons. The van der Waals surface area contributed by atoms with Crippen molar-refractivity contribution in [2.75, 3.05) is 6.54 Å². The number of aliphatic hydroxyl groups is 1. The van der Waals surface area contributed by atoms with E-state index in [1.807, 2.05) is 0 Å². The molecule has 1 aromatic rings. The SMILES string of the molecule is Cc1ccc(CNCC(O)C(F)F)cc1[N+](=O)[O-]. The van der Waals surface area contributed by atoms with Crippen molar-refractivity contribution in [1.29, 1.82) is 0 Å². The van der Waals surface area contributed by atoms with Crippen molar-refractivity contribution in [3.8, 4) is 0 Å². The molecule has 0 fully saturated rings. The largest absolute Gasteiger partial charge is 0.386 e. The number of alkyl halides is 2. The number of nitrogens with one attached hydrogen (secondary N) is 1. The van der Waals surface area contributed by atoms with Gasteiger partial charge in [0.05, 0.1) is 4.92 Å². The van der Waals surface area contributed by atoms with Gasteiger partial charge in [-0.1, -0.05) is 12.1 Å². The molecule has 0 saturated heterocycles. The molecule has 0 heterocycles. The highest BCUT2D eigenvalue weighted by atomic mass is 19.3. The Morgan fingerprint density at radius 3 is 2.72 bits per heavy atom. The molecule has 1 unspecified atom stereocenters. The van der Waals surface area contributed by atoms with Gasteiger partial charge in [-0.2, -0.15) is 0 Å². The number of nitro groups is 1. The van der Waals surface area contributed by atoms with Crippen LogP contribution in [-0.4, -0.2) is 29.1 Å². The fourth-order valence-corrected chi connectivity index (χ4v) is 1.42. The number of hydrogen-bond acceptors (Lipinski definition) is 4. The van der Waals surface area contributed by atoms with Crippen molar-refractivity contribution < 1.29 is 18.8 Å². The van der Waals surface area contributed by atoms with E-state index in [9.17, 15) is 18.9 Å². The van der Waals surface area contributed by atoms with Crippen LogP contribution in [0.3, 0.4) is 0 Å². The quantitative estimate of drug-likeness (QED) is 0.602. The van der Waals surface area contributed by atoms with Crippen molar-refractivity contribution in [3.63, 3.8) is 0 Å². The van der Waals surface area contributed by atoms with E-state index in [1.165, 1.54) is 6.07 Å². The van der Waals surface area contributed by atoms with Crippen LogP contribution in [0.5, 0.6) is 0 Å². The molecule has 100 valence electrons. The second-order valence-corrected chi connectivity index (χ2v) is 3.91. The third-order valence-corrected chi connectivity index (χ3v) is 2.44. The van der Waals surface area contributed by atoms with Crippen molar-refractivity contribution in [2.45, 2.75) is 26.0 Å². The fraction of sp³-hybridized carbons (Fsp3) is 0.455. The molecular formula is C11H14F2N2O3. The summed E-state index contributed by atoms with van der Waals surface area (Å²) in [6, 6.07) is 4.65. The Balaban J connectivity index is 2.58. The number of nitro benzene ring substituents is 1. The Kier molecular flexibility index (Phi) is 5.11. The number of nitrogens with zero attached hydrogens (tertiary/aromatic N) is 1. The maximum absolute atomic E-state index is 12.0. The van der Waals surface area contributed by atoms with E-state index < -0.39 is 17.5 Å². The van der Waals surface area contributed by atoms with Gasteiger partial charge in [0, 0.05) is 24.7 Å². The van der Waals surface area contributed by atoms with Gasteiger partial charge in [-0.05, 0) is 12.5 Å². The minimum Gasteiger partial charge on any atom is -0.386 e. The van der Waals surface area contributed by atoms with Gasteiger partial charge in [-0.3, -0.25) is 10.1 Å². The Bertz CT molecular complexity index is 427. The molecule has 1 aromatic carbocycles. The number of rotatable bonds is 6. The van der Waals surface area contributed by atoms with Crippen LogP contribution in [0.25, 0.3) is 0 Å². The average Bonchev–Trinajstić information content (AvgIpc) is 2.30. The smallest absolute Gasteiger partial charge is 0.272 e. The van der Waals surface area contributed by atoms with Gasteiger partial charge >= 0.3 is 0 Å². The minimum absolute atomic E-state index is 0.0105. The first-order valence-electron chi connectivity index (χ1n) is 5.32. The summed E-state index contributed by atoms with van der Waals surface area (Å²) in [7, 11) is 0. The lowest BCUT2D eigenvalue weighted by atomic mass is 10.1. The number of aryl methyl sites for hydroxylation is 1. The summed E-state index contributed by atoms with van der Waals surface area (Å²) in [5.41, 5.74) is 1.13. The van der Waals surface area contributed by atoms with Crippen LogP contribution in [0, 0.1) is 17.0 Å². The van der Waals surface area contributed by atoms with E-state index >= 15 is 0 Å². The topological polar surface area (TPSA) is 75.4 Å². The molecule has 1 rings (SSSR count). The van der Waals surface area contributed by atoms with E-state index in [4.69, 9.17) is 5.11 Å². The average molecular weight is 260 g/mol. The molecule has 0 bridgehead atoms. The second kappa shape index (κ2) is 6.36. The molecule has 18 heavy (non-hydrogen) atoms. The Labute approximate surface area is 103 Å². The van der Waals surface area contributed by atoms with E-state index in [0.29, 0.717) is 11.1 Å². The van der Waals surface area contributed by atoms with Gasteiger partial charge in [0.15, 0.2) is 0 Å². The Morgan fingerprint density at radius 2 is 2.17 bits per heavy atom. The third-order valence-electron chi connectivity index (χ3n) is 2.44. The lowest BCUT2D eigenvalue weighted by Gasteiger charge is -2.10. The van der Waals surface area contributed by atoms with Crippen molar-refractivity contribution in [2.24, 2.45) is 0 Å². The summed E-state index contributed by atoms with van der Waals surface area (Å²) >= 11 is 0. The molecule has 0 spiro atoms. The molecule has 5 nitrogen and oxygen atoms in total. The number of aliphatic hydroxyl groups excluding tert-OH is 1. The van der Waals surface area contributed by atoms with Crippen LogP contribution in [0.4, 0.5) is 14.5 Å². The van der Waals surface area contributed by atoms with Crippen molar-refractivity contribution in [1.82, 2.24) is 5.32 Å². The minimum atomic E-state index is -2.80. The highest BCUT2D eigenvalue weighted by Gasteiger charge is 2.16. The summed E-state index contributed by atoms with van der Waals surface area (Å²) in [6.07, 6.45) is -4.53. The summed E-state index contributed by atoms with van der Waals surface area (Å²) in [6.45, 7) is 1.54. The van der Waals surface area contributed by atoms with Crippen molar-refractivity contribution >= 4 is 5.69 Å². The zero-order valence-corrected chi connectivity index (χ0v) is 9.77. The monoisotopic (exact) mass is 260 g/mol. The first-order valence-corrected chi connectivity index (χ1v) is 5.32. The van der Waals surface area contributed by atoms with Gasteiger partial charge in [-0.15, -0.1) is 0 Å². The molecule has 0 aromatic heterocycles. The van der Waals surface area contributed by atoms with Crippen LogP contribution in [-0.2, 0) is 6.54 Å². The van der Waals surface area contributed by atoms with Crippen LogP contribution in [0.15, 0.2) is 18.2 Å². The first kappa shape index (κ1) is 14.5. The van der Waals surface area contributed by atoms with E-state index in [1.54, 1.807) is 19.1 Å². The lowest BCUT2D eigenvalue weighted by Crippen LogP contribution is -2.31. The standard InChI is InChI=1S/C11H14F2N2O3/c1-7-2-3-8(4-9(7)15(17)18)5-14-6-10(16)11(12)13/h2-4,10-11,14,16H,5-6H2,1H3. The number of hydrogen-bond donors (Lipinski definition) is 2. The molecule has 2 N–H and O–H groups in total. The summed E-state index contributed by atoms with van der Waals surface area (Å²) in [4.78, 5) is 10.2. The third kappa shape index (κ3) is 4.01. The zero-order chi connectivity index (χ0) is 13.7. The Morgan fingerprint density at radius 1 is 1.50 bits per heavy atom. The van der Waals surface area contributed by atoms with Crippen LogP contribution in [0.1, 0.15) is 11.1 Å². The lowest BCUT2D eigenvalue weighted by molar-refractivity contribution is -0.385. The molecule has 0 aliphatic rings. The van der Waals surface area contributed by atoms with E-state index in [0.717, 1.165) is 0 Å². The maximum Gasteiger partial charge on any atom is 0.272 e. The number of benzene rings is 1. The highest BCUT2D eigenvalue weighted by molar-refractivity contribution is 5.42. The van der Waals surface area contributed by atoms with Gasteiger partial charge in [0.25, 0.3) is 12.1 Å². The zero-order valence-electron chi connectivity index (χ0n) is 9.77. The summed E-state index contributed by atoms with van der Waals surface area (Å²) in [5.74, 6) is 0. The van der Waals surface area contributed by atoms with Gasteiger partial charge < -0.3 is 10.4 Å². The normalized spacial score (nSPS) is 12.7. The molecule has 0 aliphatic heterocycles. The van der Waals surface area contributed by atoms with Gasteiger partial charge in [0.1, 0.15) is 6.10 Å². The molecule has 0 amide bonds.